The molecule has 0 nitrogen and oxygen atoms in total. The largest absolute Gasteiger partial charge is 0.762 e. The molecule has 0 bridgehead atoms. The molecule has 0 saturated heterocycles. The second-order valence-electron chi connectivity index (χ2n) is 0.247. The molecule has 0 aromatic heterocycles. The predicted molar refractivity (Wildman–Crippen MR) is 26.1 cm³/mol. The summed E-state index contributed by atoms with van der Waals surface area (Å²) in [5, 5.41) is 0. The smallest absolute Gasteiger partial charge is 0.254 e. The molecule has 0 saturated carbocycles. The Morgan fingerprint density at radius 2 is 1.00 bits per heavy atom. The van der Waals surface area contributed by atoms with E-state index in [1.165, 1.54) is 0 Å². The van der Waals surface area contributed by atoms with E-state index in [0.29, 0.717) is 0 Å². The molecule has 0 aromatic rings. The van der Waals surface area contributed by atoms with Crippen molar-refractivity contribution >= 4 is 58.9 Å². The van der Waals surface area contributed by atoms with Crippen molar-refractivity contribution in [3.05, 3.63) is 13.2 Å². The molecule has 1 radical (unpaired) electrons. The van der Waals surface area contributed by atoms with Gasteiger partial charge in [0.25, 0.3) is 0 Å². The van der Waals surface area contributed by atoms with Gasteiger partial charge in [0, 0.05) is 51.4 Å². The predicted octanol–water partition coefficient (Wildman–Crippen LogP) is 1.30. The molecule has 0 spiro atoms. The molecule has 0 aromatic carbocycles. The first-order valence-corrected chi connectivity index (χ1v) is 1.15. The van der Waals surface area contributed by atoms with Crippen molar-refractivity contribution in [3.63, 3.8) is 0 Å². The Hall–Kier alpha value is 1.23. The summed E-state index contributed by atoms with van der Waals surface area (Å²) in [6, 6.07) is 0. The standard InChI is InChI=1S/C2H4.BF3.K/c1-2;2-1(3)4;/h1-2H2;;. The van der Waals surface area contributed by atoms with E-state index in [-0.39, 0.29) is 51.4 Å². The SMILES string of the molecule is C=C.FB(F)F.[K]. The van der Waals surface area contributed by atoms with Crippen molar-refractivity contribution in [2.75, 3.05) is 0 Å². The quantitative estimate of drug-likeness (QED) is 0.347. The molecule has 0 rings (SSSR count). The van der Waals surface area contributed by atoms with E-state index < -0.39 is 7.54 Å². The van der Waals surface area contributed by atoms with Gasteiger partial charge in [0.2, 0.25) is 0 Å². The normalized spacial score (nSPS) is 4.43. The molecule has 0 heterocycles. The minimum absolute atomic E-state index is 0. The second kappa shape index (κ2) is 15.7. The Labute approximate surface area is 83.8 Å². The van der Waals surface area contributed by atoms with E-state index in [9.17, 15) is 12.9 Å². The van der Waals surface area contributed by atoms with Crippen molar-refractivity contribution in [1.29, 1.82) is 0 Å². The Morgan fingerprint density at radius 1 is 1.00 bits per heavy atom. The van der Waals surface area contributed by atoms with Crippen molar-refractivity contribution in [3.8, 4) is 0 Å². The van der Waals surface area contributed by atoms with Gasteiger partial charge >= 0.3 is 7.54 Å². The fourth-order valence-electron chi connectivity index (χ4n) is 0. The van der Waals surface area contributed by atoms with Crippen LogP contribution in [0.3, 0.4) is 0 Å². The Morgan fingerprint density at radius 3 is 1.00 bits per heavy atom. The first-order chi connectivity index (χ1) is 2.73. The molecule has 0 atom stereocenters. The van der Waals surface area contributed by atoms with Crippen LogP contribution in [-0.4, -0.2) is 58.9 Å². The van der Waals surface area contributed by atoms with Crippen LogP contribution in [0.4, 0.5) is 12.9 Å². The molecule has 0 amide bonds. The third-order valence-corrected chi connectivity index (χ3v) is 0. The molecular weight excluding hydrogens is 131 g/mol. The fourth-order valence-corrected chi connectivity index (χ4v) is 0. The first-order valence-electron chi connectivity index (χ1n) is 1.15. The second-order valence-corrected chi connectivity index (χ2v) is 0.247. The molecule has 7 heavy (non-hydrogen) atoms. The van der Waals surface area contributed by atoms with Crippen LogP contribution in [0.25, 0.3) is 0 Å². The zero-order valence-electron chi connectivity index (χ0n) is 4.13. The van der Waals surface area contributed by atoms with Crippen molar-refractivity contribution < 1.29 is 12.9 Å². The van der Waals surface area contributed by atoms with Crippen LogP contribution in [0.1, 0.15) is 0 Å². The van der Waals surface area contributed by atoms with Crippen molar-refractivity contribution in [2.24, 2.45) is 0 Å². The zero-order valence-corrected chi connectivity index (χ0v) is 7.25. The third kappa shape index (κ3) is 131. The van der Waals surface area contributed by atoms with Crippen LogP contribution >= 0.6 is 0 Å². The summed E-state index contributed by atoms with van der Waals surface area (Å²) in [5.74, 6) is 0. The monoisotopic (exact) mass is 135 g/mol. The van der Waals surface area contributed by atoms with Gasteiger partial charge < -0.3 is 0 Å². The van der Waals surface area contributed by atoms with Crippen LogP contribution in [0, 0.1) is 0 Å². The Kier molecular flexibility index (Phi) is 35.2. The van der Waals surface area contributed by atoms with Gasteiger partial charge in [-0.3, -0.25) is 12.9 Å². The van der Waals surface area contributed by atoms with Crippen LogP contribution in [0.2, 0.25) is 0 Å². The van der Waals surface area contributed by atoms with Crippen molar-refractivity contribution in [1.82, 2.24) is 0 Å². The molecule has 37 valence electrons. The number of hydrogen-bond donors (Lipinski definition) is 0. The van der Waals surface area contributed by atoms with Crippen LogP contribution in [0.5, 0.6) is 0 Å². The average Bonchev–Trinajstić information content (AvgIpc) is 1.41. The van der Waals surface area contributed by atoms with E-state index in [1.807, 2.05) is 0 Å². The van der Waals surface area contributed by atoms with Gasteiger partial charge in [-0.15, -0.1) is 13.2 Å². The van der Waals surface area contributed by atoms with Gasteiger partial charge in [-0.2, -0.15) is 0 Å². The van der Waals surface area contributed by atoms with E-state index >= 15 is 0 Å². The maximum Gasteiger partial charge on any atom is 0.762 e. The minimum atomic E-state index is -3.67. The summed E-state index contributed by atoms with van der Waals surface area (Å²) in [5.41, 5.74) is 0. The third-order valence-electron chi connectivity index (χ3n) is 0. The number of rotatable bonds is 0. The molecule has 0 unspecified atom stereocenters. The maximum absolute atomic E-state index is 9.67. The van der Waals surface area contributed by atoms with E-state index in [0.717, 1.165) is 0 Å². The van der Waals surface area contributed by atoms with Crippen LogP contribution in [0.15, 0.2) is 13.2 Å². The van der Waals surface area contributed by atoms with Crippen LogP contribution < -0.4 is 0 Å². The first kappa shape index (κ1) is 15.7. The van der Waals surface area contributed by atoms with Gasteiger partial charge in [0.15, 0.2) is 0 Å². The summed E-state index contributed by atoms with van der Waals surface area (Å²) >= 11 is 0. The fraction of sp³-hybridized carbons (Fsp3) is 0. The number of halogens is 3. The van der Waals surface area contributed by atoms with E-state index in [1.54, 1.807) is 0 Å². The molecule has 0 aliphatic carbocycles. The van der Waals surface area contributed by atoms with Gasteiger partial charge in [0.05, 0.1) is 0 Å². The van der Waals surface area contributed by atoms with Gasteiger partial charge in [-0.25, -0.2) is 0 Å². The average molecular weight is 135 g/mol. The summed E-state index contributed by atoms with van der Waals surface area (Å²) in [7, 11) is -3.67. The maximum atomic E-state index is 9.67. The minimum Gasteiger partial charge on any atom is -0.254 e. The summed E-state index contributed by atoms with van der Waals surface area (Å²) < 4.78 is 29.0. The topological polar surface area (TPSA) is 0 Å². The van der Waals surface area contributed by atoms with Crippen LogP contribution in [-0.2, 0) is 0 Å². The molecule has 0 aliphatic rings. The number of hydrogen-bond acceptors (Lipinski definition) is 0. The Bertz CT molecular complexity index is 24.1. The molecule has 0 aliphatic heterocycles. The van der Waals surface area contributed by atoms with Gasteiger partial charge in [0.1, 0.15) is 0 Å². The summed E-state index contributed by atoms with van der Waals surface area (Å²) in [6.45, 7) is 6.00. The zero-order chi connectivity index (χ0) is 5.58. The molecular formula is C2H4BF3K. The molecule has 5 heteroatoms. The summed E-state index contributed by atoms with van der Waals surface area (Å²) in [6.07, 6.45) is 0. The molecule has 0 N–H and O–H groups in total. The van der Waals surface area contributed by atoms with Crippen molar-refractivity contribution in [2.45, 2.75) is 0 Å². The molecule has 0 fully saturated rings. The summed E-state index contributed by atoms with van der Waals surface area (Å²) in [4.78, 5) is 0. The Balaban J connectivity index is -0.0000000480. The van der Waals surface area contributed by atoms with E-state index in [4.69, 9.17) is 0 Å². The van der Waals surface area contributed by atoms with E-state index in [2.05, 4.69) is 13.2 Å². The van der Waals surface area contributed by atoms with Gasteiger partial charge in [-0.05, 0) is 0 Å². The van der Waals surface area contributed by atoms with Gasteiger partial charge in [-0.1, -0.05) is 0 Å².